The summed E-state index contributed by atoms with van der Waals surface area (Å²) in [6, 6.07) is 7.21. The Hall–Kier alpha value is -2.80. The van der Waals surface area contributed by atoms with Crippen molar-refractivity contribution < 1.29 is 0 Å². The lowest BCUT2D eigenvalue weighted by Crippen LogP contribution is -2.39. The molecule has 3 aromatic heterocycles. The second-order valence-corrected chi connectivity index (χ2v) is 7.11. The molecule has 3 heterocycles. The predicted octanol–water partition coefficient (Wildman–Crippen LogP) is 2.57. The molecule has 0 aliphatic rings. The average Bonchev–Trinajstić information content (AvgIpc) is 3.15. The molecule has 0 unspecified atom stereocenters. The fourth-order valence-electron chi connectivity index (χ4n) is 3.49. The van der Waals surface area contributed by atoms with Gasteiger partial charge in [0.05, 0.1) is 6.54 Å². The first-order chi connectivity index (χ1) is 12.9. The van der Waals surface area contributed by atoms with E-state index in [0.717, 1.165) is 24.2 Å². The Morgan fingerprint density at radius 1 is 1.15 bits per heavy atom. The molecule has 0 saturated carbocycles. The number of halogens is 1. The zero-order valence-corrected chi connectivity index (χ0v) is 16.2. The van der Waals surface area contributed by atoms with Crippen LogP contribution in [0.5, 0.6) is 0 Å². The van der Waals surface area contributed by atoms with Crippen LogP contribution in [0.1, 0.15) is 24.6 Å². The van der Waals surface area contributed by atoms with Gasteiger partial charge < -0.3 is 4.57 Å². The lowest BCUT2D eigenvalue weighted by molar-refractivity contribution is 0.656. The molecule has 0 aliphatic heterocycles. The molecule has 4 aromatic rings. The monoisotopic (exact) mass is 385 g/mol. The van der Waals surface area contributed by atoms with E-state index in [0.29, 0.717) is 22.0 Å². The SMILES string of the molecule is CCCn1c(C)cn2c3c(=O)n(Cc4ccccc4Cl)c(=O)n(C)c3nc12. The smallest absolute Gasteiger partial charge is 0.314 e. The number of rotatable bonds is 4. The highest BCUT2D eigenvalue weighted by Gasteiger charge is 2.20. The van der Waals surface area contributed by atoms with E-state index in [2.05, 4.69) is 16.5 Å². The Labute approximate surface area is 160 Å². The normalized spacial score (nSPS) is 11.7. The molecule has 8 heteroatoms. The molecule has 0 N–H and O–H groups in total. The van der Waals surface area contributed by atoms with Crippen molar-refractivity contribution in [2.45, 2.75) is 33.4 Å². The van der Waals surface area contributed by atoms with Crippen LogP contribution in [0.25, 0.3) is 16.9 Å². The molecule has 140 valence electrons. The molecule has 0 amide bonds. The molecule has 0 saturated heterocycles. The minimum absolute atomic E-state index is 0.114. The van der Waals surface area contributed by atoms with Gasteiger partial charge >= 0.3 is 5.69 Å². The molecule has 27 heavy (non-hydrogen) atoms. The minimum Gasteiger partial charge on any atom is -0.314 e. The van der Waals surface area contributed by atoms with Crippen molar-refractivity contribution in [1.29, 1.82) is 0 Å². The Morgan fingerprint density at radius 2 is 1.89 bits per heavy atom. The Kier molecular flexibility index (Phi) is 4.19. The zero-order chi connectivity index (χ0) is 19.3. The third kappa shape index (κ3) is 2.61. The number of fused-ring (bicyclic) bond motifs is 3. The molecule has 0 fully saturated rings. The summed E-state index contributed by atoms with van der Waals surface area (Å²) in [6.07, 6.45) is 2.84. The first kappa shape index (κ1) is 17.6. The van der Waals surface area contributed by atoms with E-state index in [1.807, 2.05) is 31.3 Å². The number of imidazole rings is 2. The molecular weight excluding hydrogens is 366 g/mol. The summed E-state index contributed by atoms with van der Waals surface area (Å²) >= 11 is 6.22. The molecule has 0 atom stereocenters. The third-order valence-corrected chi connectivity index (χ3v) is 5.24. The van der Waals surface area contributed by atoms with Gasteiger partial charge in [0, 0.05) is 30.5 Å². The number of aromatic nitrogens is 5. The van der Waals surface area contributed by atoms with E-state index in [4.69, 9.17) is 11.6 Å². The fourth-order valence-corrected chi connectivity index (χ4v) is 3.69. The van der Waals surface area contributed by atoms with Crippen LogP contribution in [0, 0.1) is 6.92 Å². The molecule has 0 bridgehead atoms. The Morgan fingerprint density at radius 3 is 2.59 bits per heavy atom. The van der Waals surface area contributed by atoms with Gasteiger partial charge in [0.15, 0.2) is 11.2 Å². The third-order valence-electron chi connectivity index (χ3n) is 4.87. The van der Waals surface area contributed by atoms with E-state index in [9.17, 15) is 9.59 Å². The van der Waals surface area contributed by atoms with Gasteiger partial charge in [0.25, 0.3) is 5.56 Å². The van der Waals surface area contributed by atoms with Crippen molar-refractivity contribution >= 4 is 28.5 Å². The number of nitrogens with zero attached hydrogens (tertiary/aromatic N) is 5. The van der Waals surface area contributed by atoms with E-state index in [1.54, 1.807) is 17.5 Å². The van der Waals surface area contributed by atoms with Gasteiger partial charge in [-0.1, -0.05) is 36.7 Å². The molecule has 4 rings (SSSR count). The van der Waals surface area contributed by atoms with E-state index in [1.165, 1.54) is 9.13 Å². The van der Waals surface area contributed by atoms with Crippen LogP contribution < -0.4 is 11.2 Å². The summed E-state index contributed by atoms with van der Waals surface area (Å²) < 4.78 is 6.48. The number of aryl methyl sites for hydroxylation is 3. The van der Waals surface area contributed by atoms with Gasteiger partial charge in [-0.3, -0.25) is 18.3 Å². The van der Waals surface area contributed by atoms with Gasteiger partial charge in [-0.05, 0) is 25.0 Å². The number of hydrogen-bond acceptors (Lipinski definition) is 3. The maximum absolute atomic E-state index is 13.2. The fraction of sp³-hybridized carbons (Fsp3) is 0.316. The summed E-state index contributed by atoms with van der Waals surface area (Å²) in [4.78, 5) is 30.6. The van der Waals surface area contributed by atoms with Crippen molar-refractivity contribution in [1.82, 2.24) is 23.1 Å². The molecule has 7 nitrogen and oxygen atoms in total. The number of benzene rings is 1. The van der Waals surface area contributed by atoms with Crippen molar-refractivity contribution in [2.75, 3.05) is 0 Å². The van der Waals surface area contributed by atoms with Crippen molar-refractivity contribution in [3.05, 3.63) is 67.6 Å². The first-order valence-electron chi connectivity index (χ1n) is 8.85. The molecule has 0 spiro atoms. The van der Waals surface area contributed by atoms with E-state index in [-0.39, 0.29) is 12.1 Å². The first-order valence-corrected chi connectivity index (χ1v) is 9.23. The van der Waals surface area contributed by atoms with Gasteiger partial charge in [0.2, 0.25) is 5.78 Å². The van der Waals surface area contributed by atoms with Crippen LogP contribution in [0.15, 0.2) is 40.1 Å². The summed E-state index contributed by atoms with van der Waals surface area (Å²) in [5, 5.41) is 0.523. The molecule has 0 radical (unpaired) electrons. The van der Waals surface area contributed by atoms with Crippen LogP contribution >= 0.6 is 11.6 Å². The summed E-state index contributed by atoms with van der Waals surface area (Å²) in [5.74, 6) is 0.673. The maximum Gasteiger partial charge on any atom is 0.332 e. The highest BCUT2D eigenvalue weighted by atomic mass is 35.5. The molecule has 1 aromatic carbocycles. The van der Waals surface area contributed by atoms with Gasteiger partial charge in [0.1, 0.15) is 0 Å². The summed E-state index contributed by atoms with van der Waals surface area (Å²) in [5.41, 5.74) is 1.75. The summed E-state index contributed by atoms with van der Waals surface area (Å²) in [7, 11) is 1.64. The van der Waals surface area contributed by atoms with Crippen molar-refractivity contribution in [3.63, 3.8) is 0 Å². The molecule has 0 aliphatic carbocycles. The second-order valence-electron chi connectivity index (χ2n) is 6.70. The van der Waals surface area contributed by atoms with Crippen LogP contribution in [0.3, 0.4) is 0 Å². The quantitative estimate of drug-likeness (QED) is 0.542. The highest BCUT2D eigenvalue weighted by Crippen LogP contribution is 2.18. The predicted molar refractivity (Wildman–Crippen MR) is 106 cm³/mol. The van der Waals surface area contributed by atoms with Gasteiger partial charge in [-0.15, -0.1) is 0 Å². The topological polar surface area (TPSA) is 66.2 Å². The lowest BCUT2D eigenvalue weighted by Gasteiger charge is -2.09. The van der Waals surface area contributed by atoms with Gasteiger partial charge in [-0.2, -0.15) is 4.98 Å². The van der Waals surface area contributed by atoms with Crippen LogP contribution in [-0.2, 0) is 20.1 Å². The Balaban J connectivity index is 2.03. The maximum atomic E-state index is 13.2. The lowest BCUT2D eigenvalue weighted by atomic mass is 10.2. The minimum atomic E-state index is -0.410. The van der Waals surface area contributed by atoms with E-state index >= 15 is 0 Å². The van der Waals surface area contributed by atoms with Crippen molar-refractivity contribution in [3.8, 4) is 0 Å². The average molecular weight is 386 g/mol. The second kappa shape index (κ2) is 6.42. The van der Waals surface area contributed by atoms with Crippen LogP contribution in [0.2, 0.25) is 5.02 Å². The molecular formula is C19H20ClN5O2. The van der Waals surface area contributed by atoms with Crippen molar-refractivity contribution in [2.24, 2.45) is 7.05 Å². The standard InChI is InChI=1S/C19H20ClN5O2/c1-4-9-23-12(2)10-24-15-16(21-18(23)24)22(3)19(27)25(17(15)26)11-13-7-5-6-8-14(13)20/h5-8,10H,4,9,11H2,1-3H3. The van der Waals surface area contributed by atoms with E-state index < -0.39 is 5.69 Å². The Bertz CT molecular complexity index is 1290. The largest absolute Gasteiger partial charge is 0.332 e. The van der Waals surface area contributed by atoms with Crippen LogP contribution in [-0.4, -0.2) is 23.1 Å². The zero-order valence-electron chi connectivity index (χ0n) is 15.4. The highest BCUT2D eigenvalue weighted by molar-refractivity contribution is 6.31. The van der Waals surface area contributed by atoms with Crippen LogP contribution in [0.4, 0.5) is 0 Å². The van der Waals surface area contributed by atoms with Gasteiger partial charge in [-0.25, -0.2) is 4.79 Å². The summed E-state index contributed by atoms with van der Waals surface area (Å²) in [6.45, 7) is 4.99. The number of hydrogen-bond donors (Lipinski definition) is 0.